The number of carbonyl (C=O) groups excluding carboxylic acids is 2. The fraction of sp³-hybridized carbons (Fsp3) is 0.333. The van der Waals surface area contributed by atoms with E-state index >= 15 is 0 Å². The normalized spacial score (nSPS) is 19.6. The number of piperazine rings is 1. The molecule has 2 aromatic heterocycles. The molecule has 0 N–H and O–H groups in total. The molecule has 0 spiro atoms. The number of anilines is 1. The molecule has 36 heavy (non-hydrogen) atoms. The van der Waals surface area contributed by atoms with Gasteiger partial charge in [-0.2, -0.15) is 0 Å². The van der Waals surface area contributed by atoms with Gasteiger partial charge in [0.25, 0.3) is 5.91 Å². The molecule has 1 saturated heterocycles. The molecule has 0 saturated carbocycles. The molecule has 3 aromatic rings. The third kappa shape index (κ3) is 4.10. The zero-order valence-electron chi connectivity index (χ0n) is 20.6. The molecule has 186 valence electrons. The molecule has 0 unspecified atom stereocenters. The SMILES string of the molecule is COc1cc2c(cc1OC)[C@@H](C(=O)N1CCN(c3ccccn3)CC1)[C@H](c1cccnc1)N(C)C2=O. The number of carbonyl (C=O) groups is 2. The minimum absolute atomic E-state index is 0.0302. The van der Waals surface area contributed by atoms with E-state index < -0.39 is 12.0 Å². The van der Waals surface area contributed by atoms with Gasteiger partial charge in [0.05, 0.1) is 26.2 Å². The summed E-state index contributed by atoms with van der Waals surface area (Å²) in [5, 5.41) is 0. The maximum Gasteiger partial charge on any atom is 0.254 e. The van der Waals surface area contributed by atoms with E-state index in [0.717, 1.165) is 11.4 Å². The van der Waals surface area contributed by atoms with Crippen molar-refractivity contribution in [2.75, 3.05) is 52.3 Å². The average Bonchev–Trinajstić information content (AvgIpc) is 2.94. The van der Waals surface area contributed by atoms with Crippen molar-refractivity contribution in [3.05, 3.63) is 77.7 Å². The number of amides is 2. The Morgan fingerprint density at radius 3 is 2.36 bits per heavy atom. The number of hydrogen-bond donors (Lipinski definition) is 0. The summed E-state index contributed by atoms with van der Waals surface area (Å²) in [5.74, 6) is 1.02. The number of likely N-dealkylation sites (N-methyl/N-ethyl adjacent to an activating group) is 1. The van der Waals surface area contributed by atoms with Crippen LogP contribution in [0.1, 0.15) is 33.4 Å². The summed E-state index contributed by atoms with van der Waals surface area (Å²) >= 11 is 0. The maximum atomic E-state index is 14.2. The second-order valence-electron chi connectivity index (χ2n) is 8.92. The molecule has 1 fully saturated rings. The van der Waals surface area contributed by atoms with Crippen molar-refractivity contribution < 1.29 is 19.1 Å². The van der Waals surface area contributed by atoms with Crippen LogP contribution in [-0.2, 0) is 4.79 Å². The van der Waals surface area contributed by atoms with Crippen LogP contribution in [0.2, 0.25) is 0 Å². The quantitative estimate of drug-likeness (QED) is 0.547. The highest BCUT2D eigenvalue weighted by atomic mass is 16.5. The molecule has 0 bridgehead atoms. The predicted octanol–water partition coefficient (Wildman–Crippen LogP) is 2.75. The highest BCUT2D eigenvalue weighted by molar-refractivity contribution is 6.02. The van der Waals surface area contributed by atoms with Crippen LogP contribution in [0.15, 0.2) is 61.1 Å². The van der Waals surface area contributed by atoms with Crippen LogP contribution in [0.4, 0.5) is 5.82 Å². The van der Waals surface area contributed by atoms with Gasteiger partial charge >= 0.3 is 0 Å². The highest BCUT2D eigenvalue weighted by Gasteiger charge is 2.45. The number of benzene rings is 1. The summed E-state index contributed by atoms with van der Waals surface area (Å²) in [6, 6.07) is 12.5. The van der Waals surface area contributed by atoms with Crippen molar-refractivity contribution in [3.63, 3.8) is 0 Å². The smallest absolute Gasteiger partial charge is 0.254 e. The van der Waals surface area contributed by atoms with Crippen molar-refractivity contribution in [1.29, 1.82) is 0 Å². The average molecular weight is 488 g/mol. The van der Waals surface area contributed by atoms with Gasteiger partial charge in [0.1, 0.15) is 5.82 Å². The first-order valence-electron chi connectivity index (χ1n) is 11.9. The molecule has 0 aliphatic carbocycles. The third-order valence-electron chi connectivity index (χ3n) is 7.03. The van der Waals surface area contributed by atoms with E-state index in [4.69, 9.17) is 9.47 Å². The Hall–Kier alpha value is -4.14. The van der Waals surface area contributed by atoms with Crippen LogP contribution < -0.4 is 14.4 Å². The number of nitrogens with zero attached hydrogens (tertiary/aromatic N) is 5. The van der Waals surface area contributed by atoms with Crippen molar-refractivity contribution >= 4 is 17.6 Å². The van der Waals surface area contributed by atoms with Gasteiger partial charge in [-0.1, -0.05) is 12.1 Å². The molecule has 9 nitrogen and oxygen atoms in total. The van der Waals surface area contributed by atoms with Gasteiger partial charge in [-0.15, -0.1) is 0 Å². The number of rotatable bonds is 5. The minimum Gasteiger partial charge on any atom is -0.493 e. The molecule has 0 radical (unpaired) electrons. The molecule has 1 aromatic carbocycles. The monoisotopic (exact) mass is 487 g/mol. The standard InChI is InChI=1S/C27H29N5O4/c1-30-25(18-7-6-9-28-17-18)24(19-15-21(35-2)22(36-3)16-20(19)26(30)33)27(34)32-13-11-31(12-14-32)23-8-4-5-10-29-23/h4-10,15-17,24-25H,11-14H2,1-3H3/t24-,25+/m1/s1. The largest absolute Gasteiger partial charge is 0.493 e. The molecule has 2 aliphatic rings. The Bertz CT molecular complexity index is 1250. The van der Waals surface area contributed by atoms with Crippen molar-refractivity contribution in [2.24, 2.45) is 0 Å². The molecule has 2 amide bonds. The molecule has 5 rings (SSSR count). The van der Waals surface area contributed by atoms with Crippen LogP contribution in [0, 0.1) is 0 Å². The maximum absolute atomic E-state index is 14.2. The van der Waals surface area contributed by atoms with E-state index in [0.29, 0.717) is 48.8 Å². The van der Waals surface area contributed by atoms with Gasteiger partial charge in [-0.3, -0.25) is 14.6 Å². The van der Waals surface area contributed by atoms with Gasteiger partial charge in [0, 0.05) is 57.4 Å². The van der Waals surface area contributed by atoms with Crippen LogP contribution in [0.5, 0.6) is 11.5 Å². The van der Waals surface area contributed by atoms with Crippen LogP contribution >= 0.6 is 0 Å². The fourth-order valence-electron chi connectivity index (χ4n) is 5.18. The third-order valence-corrected chi connectivity index (χ3v) is 7.03. The lowest BCUT2D eigenvalue weighted by atomic mass is 9.79. The number of aromatic nitrogens is 2. The van der Waals surface area contributed by atoms with E-state index in [9.17, 15) is 9.59 Å². The van der Waals surface area contributed by atoms with Crippen molar-refractivity contribution in [2.45, 2.75) is 12.0 Å². The molecule has 9 heteroatoms. The van der Waals surface area contributed by atoms with Crippen LogP contribution in [0.3, 0.4) is 0 Å². The van der Waals surface area contributed by atoms with Crippen LogP contribution in [-0.4, -0.2) is 79.0 Å². The second kappa shape index (κ2) is 9.85. The van der Waals surface area contributed by atoms with E-state index in [1.54, 1.807) is 49.8 Å². The molecular weight excluding hydrogens is 458 g/mol. The zero-order valence-corrected chi connectivity index (χ0v) is 20.6. The number of pyridine rings is 2. The molecule has 2 aliphatic heterocycles. The number of methoxy groups -OCH3 is 2. The number of hydrogen-bond acceptors (Lipinski definition) is 7. The van der Waals surface area contributed by atoms with Gasteiger partial charge in [-0.25, -0.2) is 4.98 Å². The van der Waals surface area contributed by atoms with Crippen molar-refractivity contribution in [3.8, 4) is 11.5 Å². The Kier molecular flexibility index (Phi) is 6.45. The lowest BCUT2D eigenvalue weighted by Gasteiger charge is -2.43. The fourth-order valence-corrected chi connectivity index (χ4v) is 5.18. The van der Waals surface area contributed by atoms with E-state index in [1.165, 1.54) is 7.11 Å². The van der Waals surface area contributed by atoms with Gasteiger partial charge in [0.15, 0.2) is 11.5 Å². The first-order valence-corrected chi connectivity index (χ1v) is 11.9. The molecule has 4 heterocycles. The summed E-state index contributed by atoms with van der Waals surface area (Å²) in [6.07, 6.45) is 5.18. The van der Waals surface area contributed by atoms with Gasteiger partial charge in [0.2, 0.25) is 5.91 Å². The van der Waals surface area contributed by atoms with Crippen LogP contribution in [0.25, 0.3) is 0 Å². The Morgan fingerprint density at radius 2 is 1.72 bits per heavy atom. The topological polar surface area (TPSA) is 88.1 Å². The first kappa shape index (κ1) is 23.6. The molecule has 2 atom stereocenters. The summed E-state index contributed by atoms with van der Waals surface area (Å²) in [5.41, 5.74) is 1.89. The Morgan fingerprint density at radius 1 is 0.972 bits per heavy atom. The summed E-state index contributed by atoms with van der Waals surface area (Å²) in [4.78, 5) is 42.1. The summed E-state index contributed by atoms with van der Waals surface area (Å²) in [7, 11) is 4.82. The Labute approximate surface area is 210 Å². The zero-order chi connectivity index (χ0) is 25.2. The van der Waals surface area contributed by atoms with E-state index in [2.05, 4.69) is 14.9 Å². The van der Waals surface area contributed by atoms with E-state index in [-0.39, 0.29) is 11.8 Å². The first-order chi connectivity index (χ1) is 17.5. The number of fused-ring (bicyclic) bond motifs is 1. The Balaban J connectivity index is 1.53. The lowest BCUT2D eigenvalue weighted by Crippen LogP contribution is -2.53. The van der Waals surface area contributed by atoms with Gasteiger partial charge in [-0.05, 0) is 41.5 Å². The number of ether oxygens (including phenoxy) is 2. The second-order valence-corrected chi connectivity index (χ2v) is 8.92. The predicted molar refractivity (Wildman–Crippen MR) is 134 cm³/mol. The lowest BCUT2D eigenvalue weighted by molar-refractivity contribution is -0.134. The summed E-state index contributed by atoms with van der Waals surface area (Å²) < 4.78 is 11.0. The summed E-state index contributed by atoms with van der Waals surface area (Å²) in [6.45, 7) is 2.49. The van der Waals surface area contributed by atoms with E-state index in [1.807, 2.05) is 35.2 Å². The highest BCUT2D eigenvalue weighted by Crippen LogP contribution is 2.46. The molecular formula is C27H29N5O4. The van der Waals surface area contributed by atoms with Gasteiger partial charge < -0.3 is 24.2 Å². The van der Waals surface area contributed by atoms with Crippen molar-refractivity contribution in [1.82, 2.24) is 19.8 Å². The minimum atomic E-state index is -0.617.